The van der Waals surface area contributed by atoms with Gasteiger partial charge in [0.05, 0.1) is 10.6 Å². The molecule has 2 fully saturated rings. The van der Waals surface area contributed by atoms with Crippen molar-refractivity contribution in [1.82, 2.24) is 24.8 Å². The number of benzene rings is 1. The second kappa shape index (κ2) is 8.43. The minimum Gasteiger partial charge on any atom is -0.333 e. The monoisotopic (exact) mass is 464 g/mol. The maximum absolute atomic E-state index is 13.0. The van der Waals surface area contributed by atoms with Crippen molar-refractivity contribution in [3.8, 4) is 22.0 Å². The summed E-state index contributed by atoms with van der Waals surface area (Å²) in [6.45, 7) is -0.343. The van der Waals surface area contributed by atoms with Gasteiger partial charge in [0.25, 0.3) is 5.91 Å². The molecule has 170 valence electrons. The van der Waals surface area contributed by atoms with E-state index in [4.69, 9.17) is 0 Å². The molecule has 1 spiro atoms. The van der Waals surface area contributed by atoms with Gasteiger partial charge < -0.3 is 15.2 Å². The number of nitrogens with zero attached hydrogens (tertiary/aromatic N) is 4. The van der Waals surface area contributed by atoms with Crippen LogP contribution in [0.2, 0.25) is 0 Å². The molecule has 2 aliphatic rings. The van der Waals surface area contributed by atoms with Crippen LogP contribution in [-0.2, 0) is 16.6 Å². The average molecular weight is 465 g/mol. The van der Waals surface area contributed by atoms with Gasteiger partial charge in [0.2, 0.25) is 5.91 Å². The molecule has 1 aliphatic carbocycles. The summed E-state index contributed by atoms with van der Waals surface area (Å²) >= 11 is 1.31. The Morgan fingerprint density at radius 1 is 1.18 bits per heavy atom. The van der Waals surface area contributed by atoms with Crippen LogP contribution in [0.15, 0.2) is 42.7 Å². The van der Waals surface area contributed by atoms with Crippen molar-refractivity contribution in [2.24, 2.45) is 7.05 Å². The zero-order valence-corrected chi connectivity index (χ0v) is 19.0. The number of urea groups is 1. The number of hydrogen-bond donors (Lipinski definition) is 2. The average Bonchev–Trinajstić information content (AvgIpc) is 3.48. The number of amides is 4. The first-order valence-corrected chi connectivity index (χ1v) is 11.8. The van der Waals surface area contributed by atoms with E-state index in [-0.39, 0.29) is 12.5 Å². The fourth-order valence-corrected chi connectivity index (χ4v) is 5.56. The van der Waals surface area contributed by atoms with E-state index in [9.17, 15) is 14.4 Å². The summed E-state index contributed by atoms with van der Waals surface area (Å²) in [4.78, 5) is 49.1. The predicted octanol–water partition coefficient (Wildman–Crippen LogP) is 3.40. The summed E-state index contributed by atoms with van der Waals surface area (Å²) in [5.74, 6) is -0.0357. The SMILES string of the molecule is Cn1ccnc1-c1sc(NC(=O)CN2C(=O)NC3(CCCCC3)C2=O)nc1-c1ccccc1. The van der Waals surface area contributed by atoms with Gasteiger partial charge in [0.1, 0.15) is 12.1 Å². The minimum atomic E-state index is -0.845. The number of nitrogens with one attached hydrogen (secondary N) is 2. The normalized spacial score (nSPS) is 17.4. The van der Waals surface area contributed by atoms with Crippen LogP contribution in [0.1, 0.15) is 32.1 Å². The van der Waals surface area contributed by atoms with Gasteiger partial charge >= 0.3 is 6.03 Å². The number of anilines is 1. The maximum atomic E-state index is 13.0. The topological polar surface area (TPSA) is 109 Å². The second-order valence-electron chi connectivity index (χ2n) is 8.44. The molecule has 0 bridgehead atoms. The Bertz CT molecular complexity index is 1210. The summed E-state index contributed by atoms with van der Waals surface area (Å²) < 4.78 is 1.89. The lowest BCUT2D eigenvalue weighted by Gasteiger charge is -2.30. The zero-order chi connectivity index (χ0) is 23.0. The van der Waals surface area contributed by atoms with Gasteiger partial charge in [0, 0.05) is 25.0 Å². The molecule has 1 aliphatic heterocycles. The molecule has 33 heavy (non-hydrogen) atoms. The van der Waals surface area contributed by atoms with Gasteiger partial charge in [-0.15, -0.1) is 0 Å². The third-order valence-electron chi connectivity index (χ3n) is 6.20. The number of imidazole rings is 1. The highest BCUT2D eigenvalue weighted by Crippen LogP contribution is 2.38. The Hall–Kier alpha value is -3.53. The van der Waals surface area contributed by atoms with E-state index in [0.29, 0.717) is 23.7 Å². The van der Waals surface area contributed by atoms with Crippen LogP contribution in [0.3, 0.4) is 0 Å². The lowest BCUT2D eigenvalue weighted by Crippen LogP contribution is -2.48. The van der Waals surface area contributed by atoms with Crippen LogP contribution >= 0.6 is 11.3 Å². The van der Waals surface area contributed by atoms with Crippen molar-refractivity contribution in [2.45, 2.75) is 37.6 Å². The summed E-state index contributed by atoms with van der Waals surface area (Å²) in [6.07, 6.45) is 7.64. The molecule has 5 rings (SSSR count). The number of carbonyl (C=O) groups excluding carboxylic acids is 3. The Labute approximate surface area is 194 Å². The van der Waals surface area contributed by atoms with Crippen LogP contribution < -0.4 is 10.6 Å². The number of carbonyl (C=O) groups is 3. The van der Waals surface area contributed by atoms with E-state index >= 15 is 0 Å². The fourth-order valence-electron chi connectivity index (χ4n) is 4.52. The van der Waals surface area contributed by atoms with Gasteiger partial charge in [-0.3, -0.25) is 14.5 Å². The number of thiazole rings is 1. The maximum Gasteiger partial charge on any atom is 0.325 e. The lowest BCUT2D eigenvalue weighted by molar-refractivity contribution is -0.134. The molecule has 1 saturated heterocycles. The van der Waals surface area contributed by atoms with E-state index in [1.165, 1.54) is 11.3 Å². The van der Waals surface area contributed by atoms with Gasteiger partial charge in [-0.25, -0.2) is 14.8 Å². The Balaban J connectivity index is 1.37. The van der Waals surface area contributed by atoms with Crippen LogP contribution in [-0.4, -0.2) is 49.4 Å². The molecule has 1 saturated carbocycles. The fraction of sp³-hybridized carbons (Fsp3) is 0.348. The molecular formula is C23H24N6O3S. The molecule has 1 aromatic carbocycles. The molecule has 4 amide bonds. The Morgan fingerprint density at radius 2 is 1.94 bits per heavy atom. The molecule has 2 aromatic heterocycles. The first kappa shape index (κ1) is 21.3. The predicted molar refractivity (Wildman–Crippen MR) is 124 cm³/mol. The molecule has 10 heteroatoms. The van der Waals surface area contributed by atoms with E-state index in [2.05, 4.69) is 20.6 Å². The number of rotatable bonds is 5. The first-order valence-electron chi connectivity index (χ1n) is 10.9. The van der Waals surface area contributed by atoms with Gasteiger partial charge in [-0.05, 0) is 12.8 Å². The largest absolute Gasteiger partial charge is 0.333 e. The third-order valence-corrected chi connectivity index (χ3v) is 7.17. The van der Waals surface area contributed by atoms with E-state index < -0.39 is 17.5 Å². The van der Waals surface area contributed by atoms with Crippen molar-refractivity contribution >= 4 is 34.3 Å². The standard InChI is InChI=1S/C23H24N6O3S/c1-28-13-12-24-19(28)18-17(15-8-4-2-5-9-15)26-21(33-18)25-16(30)14-29-20(31)23(27-22(29)32)10-6-3-7-11-23/h2,4-5,8-9,12-13H,3,6-7,10-11,14H2,1H3,(H,27,32)(H,25,26,30). The van der Waals surface area contributed by atoms with Crippen LogP contribution in [0.5, 0.6) is 0 Å². The number of imide groups is 1. The highest BCUT2D eigenvalue weighted by molar-refractivity contribution is 7.19. The number of aromatic nitrogens is 3. The molecule has 0 atom stereocenters. The smallest absolute Gasteiger partial charge is 0.325 e. The van der Waals surface area contributed by atoms with Crippen LogP contribution in [0.4, 0.5) is 9.93 Å². The van der Waals surface area contributed by atoms with Crippen molar-refractivity contribution < 1.29 is 14.4 Å². The summed E-state index contributed by atoms with van der Waals surface area (Å²) in [6, 6.07) is 9.17. The molecule has 0 unspecified atom stereocenters. The number of aryl methyl sites for hydroxylation is 1. The van der Waals surface area contributed by atoms with E-state index in [1.807, 2.05) is 48.1 Å². The molecule has 3 aromatic rings. The van der Waals surface area contributed by atoms with Gasteiger partial charge in [-0.1, -0.05) is 60.9 Å². The van der Waals surface area contributed by atoms with Crippen molar-refractivity contribution in [1.29, 1.82) is 0 Å². The van der Waals surface area contributed by atoms with Crippen LogP contribution in [0, 0.1) is 0 Å². The van der Waals surface area contributed by atoms with E-state index in [0.717, 1.165) is 40.4 Å². The summed E-state index contributed by atoms with van der Waals surface area (Å²) in [5.41, 5.74) is 0.768. The summed E-state index contributed by atoms with van der Waals surface area (Å²) in [7, 11) is 1.90. The van der Waals surface area contributed by atoms with Gasteiger partial charge in [-0.2, -0.15) is 0 Å². The van der Waals surface area contributed by atoms with Crippen molar-refractivity contribution in [2.75, 3.05) is 11.9 Å². The highest BCUT2D eigenvalue weighted by atomic mass is 32.1. The molecule has 9 nitrogen and oxygen atoms in total. The Kier molecular flexibility index (Phi) is 5.45. The number of hydrogen-bond acceptors (Lipinski definition) is 6. The first-order chi connectivity index (χ1) is 16.0. The molecule has 2 N–H and O–H groups in total. The molecule has 0 radical (unpaired) electrons. The lowest BCUT2D eigenvalue weighted by atomic mass is 9.82. The second-order valence-corrected chi connectivity index (χ2v) is 9.44. The quantitative estimate of drug-likeness (QED) is 0.563. The molecule has 3 heterocycles. The third kappa shape index (κ3) is 3.91. The van der Waals surface area contributed by atoms with Crippen LogP contribution in [0.25, 0.3) is 22.0 Å². The highest BCUT2D eigenvalue weighted by Gasteiger charge is 2.51. The Morgan fingerprint density at radius 3 is 2.64 bits per heavy atom. The molecular weight excluding hydrogens is 440 g/mol. The summed E-state index contributed by atoms with van der Waals surface area (Å²) in [5, 5.41) is 5.99. The zero-order valence-electron chi connectivity index (χ0n) is 18.2. The van der Waals surface area contributed by atoms with Gasteiger partial charge in [0.15, 0.2) is 11.0 Å². The van der Waals surface area contributed by atoms with E-state index in [1.54, 1.807) is 6.20 Å². The van der Waals surface area contributed by atoms with Crippen molar-refractivity contribution in [3.63, 3.8) is 0 Å². The van der Waals surface area contributed by atoms with Crippen molar-refractivity contribution in [3.05, 3.63) is 42.7 Å². The minimum absolute atomic E-state index is 0.305.